The molecule has 0 fully saturated rings. The summed E-state index contributed by atoms with van der Waals surface area (Å²) >= 11 is 0. The summed E-state index contributed by atoms with van der Waals surface area (Å²) in [6.45, 7) is 11.2. The van der Waals surface area contributed by atoms with Crippen molar-refractivity contribution in [2.24, 2.45) is 11.8 Å². The van der Waals surface area contributed by atoms with Crippen molar-refractivity contribution < 1.29 is 38.4 Å². The van der Waals surface area contributed by atoms with Crippen molar-refractivity contribution in [1.82, 2.24) is 10.3 Å². The number of rotatable bonds is 17. The lowest BCUT2D eigenvalue weighted by atomic mass is 9.89. The highest BCUT2D eigenvalue weighted by Crippen LogP contribution is 2.30. The summed E-state index contributed by atoms with van der Waals surface area (Å²) in [6.07, 6.45) is 1.08. The molecule has 1 amide bonds. The third-order valence-corrected chi connectivity index (χ3v) is 6.23. The molecule has 0 radical (unpaired) electrons. The number of ether oxygens (including phenoxy) is 5. The topological polar surface area (TPSA) is 125 Å². The van der Waals surface area contributed by atoms with E-state index in [1.807, 2.05) is 25.1 Å². The number of hydrogen-bond acceptors (Lipinski definition) is 9. The van der Waals surface area contributed by atoms with Crippen LogP contribution in [-0.4, -0.2) is 67.0 Å². The maximum Gasteiger partial charge on any atom is 0.328 e. The van der Waals surface area contributed by atoms with Gasteiger partial charge in [-0.15, -0.1) is 0 Å². The molecule has 10 nitrogen and oxygen atoms in total. The van der Waals surface area contributed by atoms with Crippen LogP contribution in [-0.2, 0) is 25.4 Å². The van der Waals surface area contributed by atoms with Crippen LogP contribution in [0, 0.1) is 11.8 Å². The number of nitrogens with zero attached hydrogens (tertiary/aromatic N) is 1. The van der Waals surface area contributed by atoms with Gasteiger partial charge in [-0.2, -0.15) is 0 Å². The summed E-state index contributed by atoms with van der Waals surface area (Å²) in [5.41, 5.74) is 1.09. The molecule has 2 aromatic rings. The predicted molar refractivity (Wildman–Crippen MR) is 150 cm³/mol. The summed E-state index contributed by atoms with van der Waals surface area (Å²) in [5, 5.41) is 11.9. The van der Waals surface area contributed by atoms with E-state index in [1.54, 1.807) is 0 Å². The highest BCUT2D eigenvalue weighted by molar-refractivity contribution is 5.98. The molecule has 2 unspecified atom stereocenters. The molecular weight excluding hydrogens is 516 g/mol. The first-order valence-electron chi connectivity index (χ1n) is 13.7. The van der Waals surface area contributed by atoms with Gasteiger partial charge in [-0.25, -0.2) is 9.78 Å². The highest BCUT2D eigenvalue weighted by Gasteiger charge is 2.32. The number of esters is 1. The first kappa shape index (κ1) is 33.0. The molecular formula is C30H44N2O8. The maximum atomic E-state index is 13.1. The van der Waals surface area contributed by atoms with E-state index < -0.39 is 30.3 Å². The quantitative estimate of drug-likeness (QED) is 0.217. The third-order valence-electron chi connectivity index (χ3n) is 6.23. The standard InChI is InChI=1S/C30H44N2O8/c1-8-24(16-23-12-10-9-11-13-23)27(37-17-19(2)3)21(5)40-30(35)20(4)32-29(34)26-28(39-18-38-22(6)33)25(36-7)14-15-31-26/h9-15,19-22,24,27,33H,8,16-18H2,1-7H3,(H,32,34)/t20?,21-,22?,24+,27-/m0/s1. The van der Waals surface area contributed by atoms with Crippen molar-refractivity contribution >= 4 is 11.9 Å². The minimum Gasteiger partial charge on any atom is -0.493 e. The number of carbonyl (C=O) groups excluding carboxylic acids is 2. The molecule has 0 saturated heterocycles. The van der Waals surface area contributed by atoms with Crippen LogP contribution in [0.3, 0.4) is 0 Å². The van der Waals surface area contributed by atoms with Gasteiger partial charge in [0.1, 0.15) is 12.1 Å². The number of nitrogens with one attached hydrogen (secondary N) is 1. The fourth-order valence-electron chi connectivity index (χ4n) is 4.13. The summed E-state index contributed by atoms with van der Waals surface area (Å²) in [5.74, 6) is -0.560. The molecule has 5 atom stereocenters. The SMILES string of the molecule is CC[C@H](Cc1ccccc1)[C@@H](OCC(C)C)[C@H](C)OC(=O)C(C)NC(=O)c1nccc(OC)c1OCOC(C)O. The van der Waals surface area contributed by atoms with Crippen LogP contribution in [0.5, 0.6) is 11.5 Å². The molecule has 0 aliphatic carbocycles. The van der Waals surface area contributed by atoms with Gasteiger partial charge in [-0.3, -0.25) is 4.79 Å². The van der Waals surface area contributed by atoms with Crippen LogP contribution < -0.4 is 14.8 Å². The number of carbonyl (C=O) groups is 2. The van der Waals surface area contributed by atoms with Gasteiger partial charge in [0, 0.05) is 18.9 Å². The number of aliphatic hydroxyl groups excluding tert-OH is 1. The first-order valence-corrected chi connectivity index (χ1v) is 13.7. The Labute approximate surface area is 237 Å². The van der Waals surface area contributed by atoms with Crippen LogP contribution in [0.2, 0.25) is 0 Å². The van der Waals surface area contributed by atoms with Crippen molar-refractivity contribution in [2.45, 2.75) is 78.9 Å². The van der Waals surface area contributed by atoms with Crippen LogP contribution in [0.1, 0.15) is 64.0 Å². The smallest absolute Gasteiger partial charge is 0.328 e. The number of methoxy groups -OCH3 is 1. The molecule has 1 heterocycles. The Morgan fingerprint density at radius 2 is 1.73 bits per heavy atom. The zero-order valence-electron chi connectivity index (χ0n) is 24.6. The average molecular weight is 561 g/mol. The Hall–Kier alpha value is -3.21. The molecule has 0 aliphatic rings. The average Bonchev–Trinajstić information content (AvgIpc) is 2.92. The van der Waals surface area contributed by atoms with E-state index in [-0.39, 0.29) is 36.0 Å². The van der Waals surface area contributed by atoms with Gasteiger partial charge in [0.25, 0.3) is 5.91 Å². The minimum atomic E-state index is -1.06. The van der Waals surface area contributed by atoms with E-state index in [1.165, 1.54) is 38.8 Å². The molecule has 0 saturated carbocycles. The number of benzene rings is 1. The van der Waals surface area contributed by atoms with Gasteiger partial charge in [0.2, 0.25) is 0 Å². The van der Waals surface area contributed by atoms with Gasteiger partial charge in [0.05, 0.1) is 13.2 Å². The van der Waals surface area contributed by atoms with Crippen molar-refractivity contribution in [3.63, 3.8) is 0 Å². The van der Waals surface area contributed by atoms with E-state index >= 15 is 0 Å². The number of aromatic nitrogens is 1. The minimum absolute atomic E-state index is 0.0194. The van der Waals surface area contributed by atoms with Gasteiger partial charge in [0.15, 0.2) is 30.3 Å². The number of aliphatic hydroxyl groups is 1. The molecule has 0 bridgehead atoms. The van der Waals surface area contributed by atoms with Crippen molar-refractivity contribution in [3.05, 3.63) is 53.9 Å². The fraction of sp³-hybridized carbons (Fsp3) is 0.567. The Morgan fingerprint density at radius 3 is 2.33 bits per heavy atom. The number of hydrogen-bond donors (Lipinski definition) is 2. The summed E-state index contributed by atoms with van der Waals surface area (Å²) < 4.78 is 27.9. The van der Waals surface area contributed by atoms with E-state index in [0.29, 0.717) is 12.5 Å². The van der Waals surface area contributed by atoms with Gasteiger partial charge in [-0.05, 0) is 44.6 Å². The largest absolute Gasteiger partial charge is 0.493 e. The summed E-state index contributed by atoms with van der Waals surface area (Å²) in [4.78, 5) is 30.2. The van der Waals surface area contributed by atoms with Crippen molar-refractivity contribution in [2.75, 3.05) is 20.5 Å². The number of amides is 1. The zero-order valence-corrected chi connectivity index (χ0v) is 24.6. The second kappa shape index (κ2) is 16.8. The second-order valence-electron chi connectivity index (χ2n) is 10.1. The Kier molecular flexibility index (Phi) is 13.9. The summed E-state index contributed by atoms with van der Waals surface area (Å²) in [6, 6.07) is 10.7. The van der Waals surface area contributed by atoms with Crippen LogP contribution in [0.15, 0.2) is 42.6 Å². The zero-order chi connectivity index (χ0) is 29.7. The van der Waals surface area contributed by atoms with Crippen LogP contribution in [0.25, 0.3) is 0 Å². The Balaban J connectivity index is 2.12. The molecule has 10 heteroatoms. The number of pyridine rings is 1. The molecule has 1 aromatic heterocycles. The fourth-order valence-corrected chi connectivity index (χ4v) is 4.13. The normalized spacial score (nSPS) is 15.0. The van der Waals surface area contributed by atoms with E-state index in [0.717, 1.165) is 12.8 Å². The van der Waals surface area contributed by atoms with Crippen LogP contribution in [0.4, 0.5) is 0 Å². The summed E-state index contributed by atoms with van der Waals surface area (Å²) in [7, 11) is 1.42. The van der Waals surface area contributed by atoms with Crippen molar-refractivity contribution in [1.29, 1.82) is 0 Å². The van der Waals surface area contributed by atoms with E-state index in [4.69, 9.17) is 23.7 Å². The Morgan fingerprint density at radius 1 is 1.02 bits per heavy atom. The molecule has 1 aromatic carbocycles. The molecule has 40 heavy (non-hydrogen) atoms. The third kappa shape index (κ3) is 10.4. The predicted octanol–water partition coefficient (Wildman–Crippen LogP) is 4.14. The lowest BCUT2D eigenvalue weighted by molar-refractivity contribution is -0.162. The van der Waals surface area contributed by atoms with E-state index in [2.05, 4.69) is 43.2 Å². The molecule has 2 N–H and O–H groups in total. The van der Waals surface area contributed by atoms with Gasteiger partial charge >= 0.3 is 5.97 Å². The van der Waals surface area contributed by atoms with Gasteiger partial charge < -0.3 is 34.1 Å². The molecule has 222 valence electrons. The molecule has 0 aliphatic heterocycles. The second-order valence-corrected chi connectivity index (χ2v) is 10.1. The van der Waals surface area contributed by atoms with Crippen LogP contribution >= 0.6 is 0 Å². The lowest BCUT2D eigenvalue weighted by Crippen LogP contribution is -2.45. The van der Waals surface area contributed by atoms with Crippen molar-refractivity contribution in [3.8, 4) is 11.5 Å². The first-order chi connectivity index (χ1) is 19.1. The van der Waals surface area contributed by atoms with E-state index in [9.17, 15) is 14.7 Å². The monoisotopic (exact) mass is 560 g/mol. The molecule has 2 rings (SSSR count). The maximum absolute atomic E-state index is 13.1. The molecule has 0 spiro atoms. The Bertz CT molecular complexity index is 1050. The highest BCUT2D eigenvalue weighted by atomic mass is 16.7. The lowest BCUT2D eigenvalue weighted by Gasteiger charge is -2.32. The van der Waals surface area contributed by atoms with Gasteiger partial charge in [-0.1, -0.05) is 57.5 Å².